The lowest BCUT2D eigenvalue weighted by Crippen LogP contribution is -2.34. The second-order valence-electron chi connectivity index (χ2n) is 7.39. The molecule has 5 N–H and O–H groups in total. The lowest BCUT2D eigenvalue weighted by Gasteiger charge is -2.16. The zero-order chi connectivity index (χ0) is 31.5. The van der Waals surface area contributed by atoms with Crippen LogP contribution in [-0.4, -0.2) is 45.5 Å². The molecule has 0 saturated heterocycles. The smallest absolute Gasteiger partial charge is 0.400 e. The van der Waals surface area contributed by atoms with E-state index in [2.05, 4.69) is 56.6 Å². The number of alkyl halides is 3. The number of pyridine rings is 1. The fraction of sp³-hybridized carbons (Fsp3) is 0.400. The van der Waals surface area contributed by atoms with Gasteiger partial charge in [-0.25, -0.2) is 15.0 Å². The second kappa shape index (κ2) is 21.1. The maximum atomic E-state index is 12.2. The number of carbonyl (C=O) groups excluding carboxylic acids is 2. The highest BCUT2D eigenvalue weighted by Crippen LogP contribution is 2.35. The van der Waals surface area contributed by atoms with E-state index >= 15 is 0 Å². The average molecular weight is 672 g/mol. The molecule has 0 spiro atoms. The Labute approximate surface area is 250 Å². The number of nitrogens with zero attached hydrogens (tertiary/aromatic N) is 3. The van der Waals surface area contributed by atoms with E-state index in [-0.39, 0.29) is 35.7 Å². The summed E-state index contributed by atoms with van der Waals surface area (Å²) >= 11 is 10.0. The quantitative estimate of drug-likeness (QED) is 0.223. The van der Waals surface area contributed by atoms with Gasteiger partial charge < -0.3 is 21.5 Å². The van der Waals surface area contributed by atoms with Gasteiger partial charge in [0.2, 0.25) is 6.41 Å². The average Bonchev–Trinajstić information content (AvgIpc) is 2.92. The molecule has 2 aromatic rings. The van der Waals surface area contributed by atoms with Crippen LogP contribution < -0.4 is 16.4 Å². The molecule has 0 saturated carbocycles. The van der Waals surface area contributed by atoms with Gasteiger partial charge in [-0.2, -0.15) is 13.2 Å². The largest absolute Gasteiger partial charge is 0.418 e. The number of hydrogen-bond acceptors (Lipinski definition) is 8. The van der Waals surface area contributed by atoms with Gasteiger partial charge in [0.15, 0.2) is 0 Å². The minimum atomic E-state index is -4.56. The van der Waals surface area contributed by atoms with Crippen molar-refractivity contribution in [3.8, 4) is 0 Å². The van der Waals surface area contributed by atoms with E-state index in [9.17, 15) is 22.8 Å². The van der Waals surface area contributed by atoms with Gasteiger partial charge in [-0.1, -0.05) is 62.7 Å². The molecular formula is C25H35BrClF3N6O3S. The number of allylic oxidation sites excluding steroid dienone is 2. The summed E-state index contributed by atoms with van der Waals surface area (Å²) in [5, 5.41) is 11.3. The van der Waals surface area contributed by atoms with Gasteiger partial charge in [0.1, 0.15) is 23.7 Å². The predicted octanol–water partition coefficient (Wildman–Crippen LogP) is 6.85. The van der Waals surface area contributed by atoms with Crippen LogP contribution in [0.25, 0.3) is 0 Å². The number of thioether (sulfide) groups is 1. The van der Waals surface area contributed by atoms with E-state index < -0.39 is 16.8 Å². The fourth-order valence-corrected chi connectivity index (χ4v) is 3.40. The summed E-state index contributed by atoms with van der Waals surface area (Å²) in [6.45, 7) is 14.1. The van der Waals surface area contributed by atoms with E-state index in [4.69, 9.17) is 22.4 Å². The topological polar surface area (TPSA) is 143 Å². The number of aromatic nitrogens is 3. The van der Waals surface area contributed by atoms with E-state index in [0.717, 1.165) is 23.1 Å². The number of halogens is 5. The first-order valence-electron chi connectivity index (χ1n) is 11.7. The van der Waals surface area contributed by atoms with Crippen molar-refractivity contribution in [1.82, 2.24) is 20.3 Å². The van der Waals surface area contributed by atoms with Crippen molar-refractivity contribution in [2.45, 2.75) is 59.7 Å². The van der Waals surface area contributed by atoms with E-state index in [1.807, 2.05) is 32.2 Å². The fourth-order valence-electron chi connectivity index (χ4n) is 2.04. The Morgan fingerprint density at radius 2 is 1.85 bits per heavy atom. The summed E-state index contributed by atoms with van der Waals surface area (Å²) in [4.78, 5) is 35.3. The normalized spacial score (nSPS) is 11.2. The number of aliphatic hydroxyl groups excluding tert-OH is 1. The van der Waals surface area contributed by atoms with Crippen molar-refractivity contribution in [3.05, 3.63) is 61.8 Å². The molecule has 0 aliphatic carbocycles. The SMILES string of the molecule is C=C(S/C(C)=C\C)C(C)NC(=O)c1ncnc(N)c1Br.CCCC.CO.O=CNc1cc(C(F)(F)F)c(Cl)cn1. The van der Waals surface area contributed by atoms with Crippen LogP contribution >= 0.6 is 39.3 Å². The molecule has 1 atom stereocenters. The molecule has 1 unspecified atom stereocenters. The van der Waals surface area contributed by atoms with Crippen LogP contribution in [-0.2, 0) is 11.0 Å². The number of nitrogens with two attached hydrogens (primary N) is 1. The maximum Gasteiger partial charge on any atom is 0.418 e. The van der Waals surface area contributed by atoms with Crippen molar-refractivity contribution in [2.24, 2.45) is 0 Å². The Morgan fingerprint density at radius 3 is 2.33 bits per heavy atom. The highest BCUT2D eigenvalue weighted by atomic mass is 79.9. The Bertz CT molecular complexity index is 1120. The van der Waals surface area contributed by atoms with Crippen LogP contribution in [0.2, 0.25) is 5.02 Å². The Kier molecular flexibility index (Phi) is 20.8. The Balaban J connectivity index is 0. The van der Waals surface area contributed by atoms with Crippen LogP contribution in [0.1, 0.15) is 63.5 Å². The lowest BCUT2D eigenvalue weighted by atomic mass is 10.2. The van der Waals surface area contributed by atoms with E-state index in [1.54, 1.807) is 0 Å². The number of nitrogens with one attached hydrogen (secondary N) is 2. The zero-order valence-electron chi connectivity index (χ0n) is 23.1. The van der Waals surface area contributed by atoms with Gasteiger partial charge in [0, 0.05) is 18.2 Å². The van der Waals surface area contributed by atoms with E-state index in [0.29, 0.717) is 10.5 Å². The number of nitrogen functional groups attached to an aromatic ring is 1. The molecule has 2 amide bonds. The summed E-state index contributed by atoms with van der Waals surface area (Å²) < 4.78 is 37.1. The maximum absolute atomic E-state index is 12.2. The highest BCUT2D eigenvalue weighted by molar-refractivity contribution is 9.10. The van der Waals surface area contributed by atoms with Crippen LogP contribution in [0.15, 0.2) is 45.5 Å². The molecule has 2 heterocycles. The van der Waals surface area contributed by atoms with Crippen LogP contribution in [0.3, 0.4) is 0 Å². The lowest BCUT2D eigenvalue weighted by molar-refractivity contribution is -0.137. The van der Waals surface area contributed by atoms with Gasteiger partial charge >= 0.3 is 6.18 Å². The Hall–Kier alpha value is -2.68. The number of hydrogen-bond donors (Lipinski definition) is 4. The minimum absolute atomic E-state index is 0.189. The predicted molar refractivity (Wildman–Crippen MR) is 160 cm³/mol. The van der Waals surface area contributed by atoms with Crippen molar-refractivity contribution in [2.75, 3.05) is 18.2 Å². The molecule has 2 rings (SSSR count). The molecule has 15 heteroatoms. The number of rotatable bonds is 8. The van der Waals surface area contributed by atoms with Crippen molar-refractivity contribution in [1.29, 1.82) is 0 Å². The van der Waals surface area contributed by atoms with Crippen LogP contribution in [0.4, 0.5) is 24.8 Å². The standard InChI is InChI=1S/C13H17BrN4OS.C7H4ClF3N2O.C4H10.CH4O/c1-5-7(2)20-9(4)8(3)18-13(19)11-10(14)12(15)17-6-16-11;8-5-2-12-6(13-3-14)1-4(5)7(9,10)11;1-3-4-2;1-2/h5-6,8H,4H2,1-3H3,(H,18,19)(H2,15,16,17);1-3H,(H,12,13,14);3-4H2,1-2H3;2H,1H3/b7-5-;;;. The summed E-state index contributed by atoms with van der Waals surface area (Å²) in [6, 6.07) is 0.474. The summed E-state index contributed by atoms with van der Waals surface area (Å²) in [6.07, 6.45) is 2.39. The van der Waals surface area contributed by atoms with Gasteiger partial charge in [-0.05, 0) is 47.7 Å². The zero-order valence-corrected chi connectivity index (χ0v) is 26.2. The molecule has 0 aliphatic heterocycles. The van der Waals surface area contributed by atoms with Crippen LogP contribution in [0.5, 0.6) is 0 Å². The molecule has 224 valence electrons. The third kappa shape index (κ3) is 15.2. The number of amides is 2. The third-order valence-electron chi connectivity index (χ3n) is 4.43. The van der Waals surface area contributed by atoms with Crippen molar-refractivity contribution in [3.63, 3.8) is 0 Å². The molecule has 0 aliphatic rings. The molecule has 0 bridgehead atoms. The molecule has 2 aromatic heterocycles. The third-order valence-corrected chi connectivity index (χ3v) is 6.68. The van der Waals surface area contributed by atoms with Crippen molar-refractivity contribution >= 4 is 63.2 Å². The van der Waals surface area contributed by atoms with Crippen LogP contribution in [0, 0.1) is 0 Å². The second-order valence-corrected chi connectivity index (χ2v) is 9.97. The van der Waals surface area contributed by atoms with Gasteiger partial charge in [-0.3, -0.25) is 9.59 Å². The van der Waals surface area contributed by atoms with Gasteiger partial charge in [0.25, 0.3) is 5.91 Å². The summed E-state index contributed by atoms with van der Waals surface area (Å²) in [5.74, 6) is -0.286. The molecule has 9 nitrogen and oxygen atoms in total. The molecule has 0 fully saturated rings. The van der Waals surface area contributed by atoms with Crippen molar-refractivity contribution < 1.29 is 27.9 Å². The molecular weight excluding hydrogens is 637 g/mol. The first-order valence-corrected chi connectivity index (χ1v) is 13.7. The highest BCUT2D eigenvalue weighted by Gasteiger charge is 2.33. The first kappa shape index (κ1) is 39.5. The van der Waals surface area contributed by atoms with Gasteiger partial charge in [0.05, 0.1) is 21.1 Å². The number of anilines is 2. The summed E-state index contributed by atoms with van der Waals surface area (Å²) in [5.41, 5.74) is 4.81. The minimum Gasteiger partial charge on any atom is -0.400 e. The molecule has 0 aromatic carbocycles. The molecule has 0 radical (unpaired) electrons. The number of carbonyl (C=O) groups is 2. The van der Waals surface area contributed by atoms with E-state index in [1.165, 1.54) is 30.9 Å². The molecule has 40 heavy (non-hydrogen) atoms. The monoisotopic (exact) mass is 670 g/mol. The summed E-state index contributed by atoms with van der Waals surface area (Å²) in [7, 11) is 1.00. The number of aliphatic hydroxyl groups is 1. The van der Waals surface area contributed by atoms with Gasteiger partial charge in [-0.15, -0.1) is 0 Å². The first-order chi connectivity index (χ1) is 18.7. The Morgan fingerprint density at radius 1 is 1.27 bits per heavy atom. The number of unbranched alkanes of at least 4 members (excludes halogenated alkanes) is 1.